The Morgan fingerprint density at radius 2 is 2.36 bits per heavy atom. The molecule has 0 spiro atoms. The zero-order valence-electron chi connectivity index (χ0n) is 8.83. The van der Waals surface area contributed by atoms with Crippen molar-refractivity contribution >= 4 is 5.69 Å². The maximum Gasteiger partial charge on any atom is 0.0400 e. The lowest BCUT2D eigenvalue weighted by Gasteiger charge is -2.22. The molecule has 0 atom stereocenters. The van der Waals surface area contributed by atoms with Crippen LogP contribution in [0.25, 0.3) is 0 Å². The predicted molar refractivity (Wildman–Crippen MR) is 60.3 cm³/mol. The summed E-state index contributed by atoms with van der Waals surface area (Å²) in [5.74, 6) is 2.66. The molecule has 2 nitrogen and oxygen atoms in total. The van der Waals surface area contributed by atoms with Crippen LogP contribution in [0.2, 0.25) is 0 Å². The topological polar surface area (TPSA) is 16.1 Å². The Kier molecular flexibility index (Phi) is 4.00. The van der Waals surface area contributed by atoms with E-state index in [1.807, 2.05) is 19.2 Å². The highest BCUT2D eigenvalue weighted by atomic mass is 15.1. The van der Waals surface area contributed by atoms with Gasteiger partial charge in [0.15, 0.2) is 0 Å². The van der Waals surface area contributed by atoms with Gasteiger partial charge in [0, 0.05) is 37.1 Å². The molecule has 0 amide bonds. The lowest BCUT2D eigenvalue weighted by Crippen LogP contribution is -2.23. The summed E-state index contributed by atoms with van der Waals surface area (Å²) in [7, 11) is 0. The van der Waals surface area contributed by atoms with Crippen LogP contribution >= 0.6 is 0 Å². The second-order valence-corrected chi connectivity index (χ2v) is 3.19. The SMILES string of the molecule is C#CCCN(CC)c1ccnc(C)c1. The first-order chi connectivity index (χ1) is 6.77. The minimum Gasteiger partial charge on any atom is -0.371 e. The van der Waals surface area contributed by atoms with Crippen LogP contribution in [0.15, 0.2) is 18.3 Å². The minimum atomic E-state index is 0.787. The number of anilines is 1. The molecule has 0 saturated carbocycles. The molecule has 2 heteroatoms. The summed E-state index contributed by atoms with van der Waals surface area (Å²) in [6.07, 6.45) is 7.87. The third-order valence-corrected chi connectivity index (χ3v) is 2.15. The van der Waals surface area contributed by atoms with Crippen LogP contribution in [0, 0.1) is 19.3 Å². The molecule has 0 bridgehead atoms. The van der Waals surface area contributed by atoms with Gasteiger partial charge in [0.2, 0.25) is 0 Å². The summed E-state index contributed by atoms with van der Waals surface area (Å²) in [6.45, 7) is 6.02. The zero-order chi connectivity index (χ0) is 10.4. The molecule has 0 saturated heterocycles. The summed E-state index contributed by atoms with van der Waals surface area (Å²) >= 11 is 0. The second-order valence-electron chi connectivity index (χ2n) is 3.19. The van der Waals surface area contributed by atoms with Crippen LogP contribution in [0.1, 0.15) is 19.0 Å². The number of aryl methyl sites for hydroxylation is 1. The van der Waals surface area contributed by atoms with Crippen molar-refractivity contribution in [2.75, 3.05) is 18.0 Å². The van der Waals surface area contributed by atoms with Crippen molar-refractivity contribution in [3.63, 3.8) is 0 Å². The molecule has 1 aromatic heterocycles. The predicted octanol–water partition coefficient (Wildman–Crippen LogP) is 2.24. The molecule has 1 aromatic rings. The molecule has 74 valence electrons. The molecule has 1 heterocycles. The molecule has 0 aliphatic rings. The van der Waals surface area contributed by atoms with Crippen LogP contribution in [0.5, 0.6) is 0 Å². The molecule has 0 radical (unpaired) electrons. The number of terminal acetylenes is 1. The lowest BCUT2D eigenvalue weighted by atomic mass is 10.3. The van der Waals surface area contributed by atoms with Crippen molar-refractivity contribution in [3.05, 3.63) is 24.0 Å². The van der Waals surface area contributed by atoms with Crippen LogP contribution in [-0.4, -0.2) is 18.1 Å². The average molecular weight is 188 g/mol. The monoisotopic (exact) mass is 188 g/mol. The summed E-state index contributed by atoms with van der Waals surface area (Å²) in [5.41, 5.74) is 2.25. The van der Waals surface area contributed by atoms with Crippen molar-refractivity contribution in [2.24, 2.45) is 0 Å². The minimum absolute atomic E-state index is 0.787. The van der Waals surface area contributed by atoms with Crippen LogP contribution in [0.4, 0.5) is 5.69 Å². The number of rotatable bonds is 4. The first-order valence-corrected chi connectivity index (χ1v) is 4.89. The van der Waals surface area contributed by atoms with Crippen molar-refractivity contribution in [3.8, 4) is 12.3 Å². The van der Waals surface area contributed by atoms with Crippen molar-refractivity contribution in [2.45, 2.75) is 20.3 Å². The highest BCUT2D eigenvalue weighted by molar-refractivity contribution is 5.46. The van der Waals surface area contributed by atoms with Crippen molar-refractivity contribution in [1.29, 1.82) is 0 Å². The third-order valence-electron chi connectivity index (χ3n) is 2.15. The van der Waals surface area contributed by atoms with Gasteiger partial charge in [-0.25, -0.2) is 0 Å². The van der Waals surface area contributed by atoms with Gasteiger partial charge in [-0.15, -0.1) is 12.3 Å². The standard InChI is InChI=1S/C12H16N2/c1-4-6-9-14(5-2)12-7-8-13-11(3)10-12/h1,7-8,10H,5-6,9H2,2-3H3. The smallest absolute Gasteiger partial charge is 0.0400 e. The van der Waals surface area contributed by atoms with Gasteiger partial charge in [-0.1, -0.05) is 0 Å². The summed E-state index contributed by atoms with van der Waals surface area (Å²) < 4.78 is 0. The molecule has 0 aromatic carbocycles. The average Bonchev–Trinajstić information content (AvgIpc) is 2.19. The Morgan fingerprint density at radius 1 is 1.57 bits per heavy atom. The van der Waals surface area contributed by atoms with Crippen LogP contribution in [-0.2, 0) is 0 Å². The third kappa shape index (κ3) is 2.77. The Balaban J connectivity index is 2.74. The van der Waals surface area contributed by atoms with Gasteiger partial charge in [-0.2, -0.15) is 0 Å². The summed E-state index contributed by atoms with van der Waals surface area (Å²) in [6, 6.07) is 4.10. The molecule has 0 fully saturated rings. The maximum atomic E-state index is 5.25. The Hall–Kier alpha value is -1.49. The fourth-order valence-electron chi connectivity index (χ4n) is 1.40. The number of pyridine rings is 1. The van der Waals surface area contributed by atoms with E-state index >= 15 is 0 Å². The van der Waals surface area contributed by atoms with Crippen molar-refractivity contribution < 1.29 is 0 Å². The van der Waals surface area contributed by atoms with E-state index in [4.69, 9.17) is 6.42 Å². The number of nitrogens with zero attached hydrogens (tertiary/aromatic N) is 2. The fraction of sp³-hybridized carbons (Fsp3) is 0.417. The molecule has 0 aliphatic heterocycles. The second kappa shape index (κ2) is 5.29. The van der Waals surface area contributed by atoms with Gasteiger partial charge < -0.3 is 4.90 Å². The van der Waals surface area contributed by atoms with Gasteiger partial charge in [0.1, 0.15) is 0 Å². The van der Waals surface area contributed by atoms with E-state index in [2.05, 4.69) is 28.8 Å². The zero-order valence-corrected chi connectivity index (χ0v) is 8.83. The molecule has 0 unspecified atom stereocenters. The number of hydrogen-bond donors (Lipinski definition) is 0. The van der Waals surface area contributed by atoms with E-state index in [-0.39, 0.29) is 0 Å². The van der Waals surface area contributed by atoms with E-state index < -0.39 is 0 Å². The molecule has 0 N–H and O–H groups in total. The molecule has 14 heavy (non-hydrogen) atoms. The fourth-order valence-corrected chi connectivity index (χ4v) is 1.40. The largest absolute Gasteiger partial charge is 0.371 e. The van der Waals surface area contributed by atoms with Gasteiger partial charge in [-0.3, -0.25) is 4.98 Å². The molecule has 0 aliphatic carbocycles. The highest BCUT2D eigenvalue weighted by Crippen LogP contribution is 2.13. The Morgan fingerprint density at radius 3 is 2.93 bits per heavy atom. The molecule has 1 rings (SSSR count). The van der Waals surface area contributed by atoms with Gasteiger partial charge >= 0.3 is 0 Å². The number of hydrogen-bond acceptors (Lipinski definition) is 2. The maximum absolute atomic E-state index is 5.25. The number of aromatic nitrogens is 1. The van der Waals surface area contributed by atoms with Gasteiger partial charge in [0.25, 0.3) is 0 Å². The van der Waals surface area contributed by atoms with E-state index in [1.165, 1.54) is 5.69 Å². The first kappa shape index (κ1) is 10.6. The summed E-state index contributed by atoms with van der Waals surface area (Å²) in [4.78, 5) is 6.43. The quantitative estimate of drug-likeness (QED) is 0.674. The van der Waals surface area contributed by atoms with Crippen LogP contribution in [0.3, 0.4) is 0 Å². The lowest BCUT2D eigenvalue weighted by molar-refractivity contribution is 0.829. The Labute approximate surface area is 86.0 Å². The van der Waals surface area contributed by atoms with E-state index in [0.29, 0.717) is 0 Å². The first-order valence-electron chi connectivity index (χ1n) is 4.89. The van der Waals surface area contributed by atoms with E-state index in [1.54, 1.807) is 0 Å². The van der Waals surface area contributed by atoms with Gasteiger partial charge in [-0.05, 0) is 26.0 Å². The molecular weight excluding hydrogens is 172 g/mol. The summed E-state index contributed by atoms with van der Waals surface area (Å²) in [5, 5.41) is 0. The van der Waals surface area contributed by atoms with E-state index in [0.717, 1.165) is 25.2 Å². The van der Waals surface area contributed by atoms with E-state index in [9.17, 15) is 0 Å². The normalized spacial score (nSPS) is 9.50. The Bertz CT molecular complexity index is 325. The molecular formula is C12H16N2. The van der Waals surface area contributed by atoms with Crippen molar-refractivity contribution in [1.82, 2.24) is 4.98 Å². The highest BCUT2D eigenvalue weighted by Gasteiger charge is 2.02. The van der Waals surface area contributed by atoms with Gasteiger partial charge in [0.05, 0.1) is 0 Å². The van der Waals surface area contributed by atoms with Crippen LogP contribution < -0.4 is 4.90 Å².